The van der Waals surface area contributed by atoms with Crippen molar-refractivity contribution in [2.24, 2.45) is 0 Å². The fourth-order valence-electron chi connectivity index (χ4n) is 3.11. The van der Waals surface area contributed by atoms with Gasteiger partial charge in [-0.3, -0.25) is 14.9 Å². The van der Waals surface area contributed by atoms with Crippen molar-refractivity contribution in [3.63, 3.8) is 0 Å². The van der Waals surface area contributed by atoms with Crippen LogP contribution in [0.5, 0.6) is 5.75 Å². The first-order chi connectivity index (χ1) is 16.3. The van der Waals surface area contributed by atoms with Crippen LogP contribution in [0.25, 0.3) is 22.4 Å². The largest absolute Gasteiger partial charge is 0.507 e. The fraction of sp³-hybridized carbons (Fsp3) is 0.0833. The summed E-state index contributed by atoms with van der Waals surface area (Å²) in [7, 11) is 1.60. The molecule has 0 aliphatic rings. The Hall–Kier alpha value is -3.21. The van der Waals surface area contributed by atoms with Crippen LogP contribution in [0, 0.1) is 10.1 Å². The Morgan fingerprint density at radius 2 is 2.03 bits per heavy atom. The molecule has 1 N–H and O–H groups in total. The van der Waals surface area contributed by atoms with E-state index < -0.39 is 4.92 Å². The number of rotatable bonds is 7. The minimum atomic E-state index is -0.483. The second-order valence-electron chi connectivity index (χ2n) is 7.26. The second kappa shape index (κ2) is 10.4. The van der Waals surface area contributed by atoms with Crippen LogP contribution in [0.1, 0.15) is 11.1 Å². The van der Waals surface area contributed by atoms with Crippen LogP contribution in [0.2, 0.25) is 0 Å². The maximum absolute atomic E-state index is 12.6. The van der Waals surface area contributed by atoms with Crippen molar-refractivity contribution in [2.45, 2.75) is 4.34 Å². The zero-order valence-corrected chi connectivity index (χ0v) is 21.1. The van der Waals surface area contributed by atoms with Gasteiger partial charge in [-0.2, -0.15) is 0 Å². The lowest BCUT2D eigenvalue weighted by Gasteiger charge is -2.16. The number of aromatic hydroxyl groups is 1. The molecule has 4 rings (SSSR count). The van der Waals surface area contributed by atoms with Gasteiger partial charge in [-0.1, -0.05) is 52.0 Å². The Kier molecular flexibility index (Phi) is 7.30. The number of carbonyl (C=O) groups is 1. The Balaban J connectivity index is 1.43. The van der Waals surface area contributed by atoms with Crippen molar-refractivity contribution in [1.29, 1.82) is 0 Å². The molecule has 1 amide bonds. The highest BCUT2D eigenvalue weighted by Crippen LogP contribution is 2.31. The Morgan fingerprint density at radius 3 is 2.82 bits per heavy atom. The number of aromatic nitrogens is 1. The summed E-state index contributed by atoms with van der Waals surface area (Å²) in [5.41, 5.74) is 2.93. The number of carbonyl (C=O) groups excluding carboxylic acids is 1. The molecule has 1 heterocycles. The van der Waals surface area contributed by atoms with Crippen molar-refractivity contribution < 1.29 is 14.8 Å². The summed E-state index contributed by atoms with van der Waals surface area (Å²) in [4.78, 5) is 29.1. The summed E-state index contributed by atoms with van der Waals surface area (Å²) in [5.74, 6) is 0.187. The topological polar surface area (TPSA) is 96.6 Å². The molecule has 172 valence electrons. The van der Waals surface area contributed by atoms with Crippen molar-refractivity contribution in [2.75, 3.05) is 17.7 Å². The van der Waals surface area contributed by atoms with Gasteiger partial charge in [-0.05, 0) is 42.0 Å². The molecule has 0 saturated heterocycles. The highest BCUT2D eigenvalue weighted by Gasteiger charge is 2.16. The monoisotopic (exact) mass is 555 g/mol. The number of phenolic OH excluding ortho intramolecular Hbond substituents is 1. The summed E-state index contributed by atoms with van der Waals surface area (Å²) < 4.78 is 2.64. The Morgan fingerprint density at radius 1 is 1.21 bits per heavy atom. The van der Waals surface area contributed by atoms with Gasteiger partial charge in [0.1, 0.15) is 5.75 Å². The molecule has 0 aliphatic heterocycles. The van der Waals surface area contributed by atoms with Crippen LogP contribution >= 0.6 is 39.0 Å². The normalized spacial score (nSPS) is 11.2. The summed E-state index contributed by atoms with van der Waals surface area (Å²) in [6.45, 7) is 0. The first-order valence-electron chi connectivity index (χ1n) is 10.0. The van der Waals surface area contributed by atoms with E-state index in [2.05, 4.69) is 20.9 Å². The first kappa shape index (κ1) is 23.9. The maximum Gasteiger partial charge on any atom is 0.271 e. The summed E-state index contributed by atoms with van der Waals surface area (Å²) in [6, 6.07) is 17.1. The summed E-state index contributed by atoms with van der Waals surface area (Å²) >= 11 is 6.23. The highest BCUT2D eigenvalue weighted by molar-refractivity contribution is 9.10. The number of nitrogens with zero attached hydrogens (tertiary/aromatic N) is 3. The minimum absolute atomic E-state index is 0.0593. The van der Waals surface area contributed by atoms with Crippen LogP contribution < -0.4 is 4.90 Å². The number of anilines is 1. The number of hydrogen-bond donors (Lipinski definition) is 1. The molecular formula is C24H18BrN3O4S2. The van der Waals surface area contributed by atoms with Gasteiger partial charge < -0.3 is 10.0 Å². The number of amides is 1. The van der Waals surface area contributed by atoms with Gasteiger partial charge in [-0.15, -0.1) is 11.3 Å². The van der Waals surface area contributed by atoms with Crippen molar-refractivity contribution in [3.05, 3.63) is 86.4 Å². The van der Waals surface area contributed by atoms with Gasteiger partial charge in [0.25, 0.3) is 5.69 Å². The molecule has 0 fully saturated rings. The number of nitro benzene ring substituents is 1. The number of thioether (sulfide) groups is 1. The lowest BCUT2D eigenvalue weighted by atomic mass is 10.1. The second-order valence-corrected chi connectivity index (χ2v) is 10.4. The van der Waals surface area contributed by atoms with Crippen LogP contribution in [0.3, 0.4) is 0 Å². The van der Waals surface area contributed by atoms with Crippen LogP contribution in [-0.4, -0.2) is 33.7 Å². The number of nitro groups is 1. The molecule has 34 heavy (non-hydrogen) atoms. The number of halogens is 1. The van der Waals surface area contributed by atoms with Crippen molar-refractivity contribution in [1.82, 2.24) is 4.98 Å². The zero-order chi connectivity index (χ0) is 24.2. The predicted molar refractivity (Wildman–Crippen MR) is 142 cm³/mol. The van der Waals surface area contributed by atoms with E-state index in [1.165, 1.54) is 40.1 Å². The van der Waals surface area contributed by atoms with Crippen LogP contribution in [0.15, 0.2) is 69.5 Å². The molecule has 7 nitrogen and oxygen atoms in total. The molecule has 0 atom stereocenters. The fourth-order valence-corrected chi connectivity index (χ4v) is 5.52. The third-order valence-electron chi connectivity index (χ3n) is 4.96. The molecule has 0 aliphatic carbocycles. The molecule has 0 spiro atoms. The number of benzene rings is 3. The molecule has 0 unspecified atom stereocenters. The van der Waals surface area contributed by atoms with E-state index in [0.29, 0.717) is 11.3 Å². The van der Waals surface area contributed by atoms with E-state index >= 15 is 0 Å². The SMILES string of the molecule is CN(C(=O)CSc1nc2ccc(/C=C/c3cc(Br)ccc3O)cc2s1)c1cccc([N+](=O)[O-])c1. The van der Waals surface area contributed by atoms with Crippen LogP contribution in [0.4, 0.5) is 11.4 Å². The number of hydrogen-bond acceptors (Lipinski definition) is 7. The van der Waals surface area contributed by atoms with Gasteiger partial charge in [0.2, 0.25) is 5.91 Å². The quantitative estimate of drug-likeness (QED) is 0.119. The lowest BCUT2D eigenvalue weighted by molar-refractivity contribution is -0.384. The van der Waals surface area contributed by atoms with Gasteiger partial charge >= 0.3 is 0 Å². The molecule has 1 aromatic heterocycles. The van der Waals surface area contributed by atoms with E-state index in [0.717, 1.165) is 24.6 Å². The van der Waals surface area contributed by atoms with Gasteiger partial charge in [0, 0.05) is 29.2 Å². The van der Waals surface area contributed by atoms with E-state index in [1.807, 2.05) is 36.4 Å². The summed E-state index contributed by atoms with van der Waals surface area (Å²) in [5, 5.41) is 21.0. The molecule has 0 saturated carbocycles. The number of fused-ring (bicyclic) bond motifs is 1. The third kappa shape index (κ3) is 5.64. The Bertz CT molecular complexity index is 1420. The predicted octanol–water partition coefficient (Wildman–Crippen LogP) is 6.60. The number of non-ortho nitro benzene ring substituents is 1. The standard InChI is InChI=1S/C24H18BrN3O4S2/c1-27(18-3-2-4-19(13-18)28(31)32)23(30)14-33-24-26-20-9-6-15(11-22(20)34-24)5-7-16-12-17(25)8-10-21(16)29/h2-13,29H,14H2,1H3/b7-5+. The van der Waals surface area contributed by atoms with E-state index in [4.69, 9.17) is 0 Å². The Labute approximate surface area is 212 Å². The van der Waals surface area contributed by atoms with Crippen molar-refractivity contribution in [3.8, 4) is 5.75 Å². The molecule has 3 aromatic carbocycles. The minimum Gasteiger partial charge on any atom is -0.507 e. The first-order valence-corrected chi connectivity index (χ1v) is 12.6. The smallest absolute Gasteiger partial charge is 0.271 e. The zero-order valence-electron chi connectivity index (χ0n) is 17.8. The van der Waals surface area contributed by atoms with Gasteiger partial charge in [0.05, 0.1) is 26.6 Å². The highest BCUT2D eigenvalue weighted by atomic mass is 79.9. The van der Waals surface area contributed by atoms with Crippen LogP contribution in [-0.2, 0) is 4.79 Å². The number of thiazole rings is 1. The lowest BCUT2D eigenvalue weighted by Crippen LogP contribution is -2.27. The molecule has 0 bridgehead atoms. The number of phenols is 1. The molecule has 4 aromatic rings. The van der Waals surface area contributed by atoms with Gasteiger partial charge in [-0.25, -0.2) is 4.98 Å². The van der Waals surface area contributed by atoms with Crippen molar-refractivity contribution >= 4 is 78.7 Å². The third-order valence-corrected chi connectivity index (χ3v) is 7.60. The van der Waals surface area contributed by atoms with E-state index in [9.17, 15) is 20.0 Å². The molecular weight excluding hydrogens is 538 g/mol. The average molecular weight is 556 g/mol. The molecule has 10 heteroatoms. The van der Waals surface area contributed by atoms with E-state index in [1.54, 1.807) is 31.3 Å². The average Bonchev–Trinajstić information content (AvgIpc) is 3.25. The maximum atomic E-state index is 12.6. The van der Waals surface area contributed by atoms with E-state index in [-0.39, 0.29) is 23.1 Å². The van der Waals surface area contributed by atoms with Gasteiger partial charge in [0.15, 0.2) is 4.34 Å². The summed E-state index contributed by atoms with van der Waals surface area (Å²) in [6.07, 6.45) is 3.77. The molecule has 0 radical (unpaired) electrons.